The summed E-state index contributed by atoms with van der Waals surface area (Å²) in [6.45, 7) is -5.50. The molecule has 4 heterocycles. The van der Waals surface area contributed by atoms with Crippen molar-refractivity contribution in [2.45, 2.75) is 38.0 Å². The van der Waals surface area contributed by atoms with Gasteiger partial charge in [0.2, 0.25) is 0 Å². The van der Waals surface area contributed by atoms with E-state index in [9.17, 15) is 9.59 Å². The summed E-state index contributed by atoms with van der Waals surface area (Å²) in [5, 5.41) is 9.01. The van der Waals surface area contributed by atoms with Gasteiger partial charge in [-0.1, -0.05) is 72.8 Å². The third kappa shape index (κ3) is 7.71. The predicted molar refractivity (Wildman–Crippen MR) is 243 cm³/mol. The van der Waals surface area contributed by atoms with Gasteiger partial charge in [0, 0.05) is 69.5 Å². The molecule has 2 aromatic heterocycles. The summed E-state index contributed by atoms with van der Waals surface area (Å²) in [5.74, 6) is 0.447. The van der Waals surface area contributed by atoms with Crippen LogP contribution in [0.15, 0.2) is 134 Å². The van der Waals surface area contributed by atoms with E-state index in [1.165, 1.54) is 14.2 Å². The summed E-state index contributed by atoms with van der Waals surface area (Å²) in [4.78, 5) is 33.6. The quantitative estimate of drug-likeness (QED) is 0.0692. The molecule has 0 amide bonds. The van der Waals surface area contributed by atoms with Crippen LogP contribution in [-0.2, 0) is 68.6 Å². The van der Waals surface area contributed by atoms with Crippen molar-refractivity contribution in [3.8, 4) is 11.5 Å². The van der Waals surface area contributed by atoms with E-state index in [0.29, 0.717) is 37.4 Å². The number of aromatic nitrogens is 2. The summed E-state index contributed by atoms with van der Waals surface area (Å²) in [6.07, 6.45) is 4.49. The molecule has 0 spiro atoms. The molecule has 0 saturated carbocycles. The summed E-state index contributed by atoms with van der Waals surface area (Å²) in [5.41, 5.74) is 7.34. The summed E-state index contributed by atoms with van der Waals surface area (Å²) < 4.78 is 28.1. The monoisotopic (exact) mass is 876 g/mol. The largest absolute Gasteiger partial charge is 0.468 e. The second-order valence-corrected chi connectivity index (χ2v) is 21.5. The van der Waals surface area contributed by atoms with Gasteiger partial charge < -0.3 is 28.5 Å². The van der Waals surface area contributed by atoms with Gasteiger partial charge in [0.1, 0.15) is 23.6 Å². The lowest BCUT2D eigenvalue weighted by molar-refractivity contribution is -0.143. The van der Waals surface area contributed by atoms with Crippen molar-refractivity contribution in [3.05, 3.63) is 156 Å². The fourth-order valence-electron chi connectivity index (χ4n) is 7.88. The number of methoxy groups -OCH3 is 2. The number of hydrogen-bond acceptors (Lipinski definition) is 8. The maximum Gasteiger partial charge on any atom is 0.323 e. The zero-order valence-corrected chi connectivity index (χ0v) is 36.2. The Bertz CT molecular complexity index is 2640. The van der Waals surface area contributed by atoms with Crippen molar-refractivity contribution < 1.29 is 28.1 Å². The van der Waals surface area contributed by atoms with Gasteiger partial charge in [-0.25, -0.2) is 10.2 Å². The van der Waals surface area contributed by atoms with Gasteiger partial charge in [0.05, 0.1) is 27.3 Å². The molecule has 4 atom stereocenters. The first-order valence-electron chi connectivity index (χ1n) is 19.4. The number of hydrogen-bond donors (Lipinski definition) is 4. The lowest BCUT2D eigenvalue weighted by Gasteiger charge is -2.43. The van der Waals surface area contributed by atoms with E-state index < -0.39 is 37.2 Å². The minimum Gasteiger partial charge on any atom is -0.468 e. The summed E-state index contributed by atoms with van der Waals surface area (Å²) in [6, 6.07) is 37.8. The Kier molecular flexibility index (Phi) is 11.0. The first-order valence-corrected chi connectivity index (χ1v) is 24.7. The van der Waals surface area contributed by atoms with E-state index in [1.54, 1.807) is 0 Å². The number of carbonyl (C=O) groups is 2. The van der Waals surface area contributed by atoms with Crippen molar-refractivity contribution in [3.63, 3.8) is 0 Å². The summed E-state index contributed by atoms with van der Waals surface area (Å²) >= 11 is 12.9. The van der Waals surface area contributed by atoms with Crippen LogP contribution in [0.25, 0.3) is 21.8 Å². The van der Waals surface area contributed by atoms with Crippen LogP contribution in [0.3, 0.4) is 0 Å². The minimum absolute atomic E-state index is 0.327. The highest BCUT2D eigenvalue weighted by Crippen LogP contribution is 2.58. The number of H-pyrrole nitrogens is 2. The first kappa shape index (κ1) is 40.0. The van der Waals surface area contributed by atoms with E-state index in [4.69, 9.17) is 42.1 Å². The molecule has 0 saturated heterocycles. The molecular formula is C44H42N6O6P2S2. The maximum absolute atomic E-state index is 13.5. The zero-order chi connectivity index (χ0) is 41.4. The van der Waals surface area contributed by atoms with Gasteiger partial charge in [-0.3, -0.25) is 18.9 Å². The molecule has 4 N–H and O–H groups in total. The average Bonchev–Trinajstić information content (AvgIpc) is 3.88. The number of fused-ring (bicyclic) bond motifs is 4. The van der Waals surface area contributed by atoms with Crippen LogP contribution in [-0.4, -0.2) is 48.2 Å². The molecule has 16 heteroatoms. The Morgan fingerprint density at radius 1 is 0.617 bits per heavy atom. The van der Waals surface area contributed by atoms with Gasteiger partial charge in [-0.05, 0) is 83.3 Å². The van der Waals surface area contributed by atoms with Gasteiger partial charge in [0.15, 0.2) is 0 Å². The number of ether oxygens (including phenoxy) is 2. The van der Waals surface area contributed by atoms with Crippen LogP contribution in [0.1, 0.15) is 22.3 Å². The van der Waals surface area contributed by atoms with Crippen LogP contribution < -0.4 is 28.6 Å². The molecule has 4 unspecified atom stereocenters. The standard InChI is InChI=1S/C44H42N6O6P2S2/c1-53-43(51)39(23-31-25-45-37-15-7-5-13-35(31)37)47-57(59)49(27-29-11-3-9-17-41(29)55-57)33-19-21-34(22-20-33)50-28-30-12-4-10-18-42(30)56-58(50,60)48-40(44(52)54-2)24-32-26-46-38-16-8-6-14-36(32)38/h3-22,25-26,39-40,45-46H,23-24,27-28H2,1-2H3,(H,47,59)(H,48,60). The second-order valence-electron chi connectivity index (χ2n) is 14.6. The number of benzene rings is 5. The van der Waals surface area contributed by atoms with Crippen molar-refractivity contribution >= 4 is 81.9 Å². The van der Waals surface area contributed by atoms with Crippen LogP contribution in [0.5, 0.6) is 11.5 Å². The highest BCUT2D eigenvalue weighted by molar-refractivity contribution is 8.12. The van der Waals surface area contributed by atoms with E-state index >= 15 is 0 Å². The fourth-order valence-corrected chi connectivity index (χ4v) is 14.2. The highest BCUT2D eigenvalue weighted by atomic mass is 32.5. The molecule has 60 heavy (non-hydrogen) atoms. The van der Waals surface area contributed by atoms with Crippen LogP contribution in [0.2, 0.25) is 0 Å². The third-order valence-electron chi connectivity index (χ3n) is 10.9. The Morgan fingerprint density at radius 2 is 1.00 bits per heavy atom. The number of esters is 2. The highest BCUT2D eigenvalue weighted by Gasteiger charge is 2.41. The van der Waals surface area contributed by atoms with Gasteiger partial charge in [0.25, 0.3) is 13.1 Å². The molecule has 5 aromatic carbocycles. The smallest absolute Gasteiger partial charge is 0.323 e. The number of carbonyl (C=O) groups excluding carboxylic acids is 2. The van der Waals surface area contributed by atoms with Crippen LogP contribution in [0.4, 0.5) is 11.4 Å². The Morgan fingerprint density at radius 3 is 1.42 bits per heavy atom. The lowest BCUT2D eigenvalue weighted by atomic mass is 10.1. The molecule has 7 aromatic rings. The van der Waals surface area contributed by atoms with Crippen LogP contribution >= 0.6 is 13.1 Å². The number of nitrogens with one attached hydrogen (secondary N) is 4. The zero-order valence-electron chi connectivity index (χ0n) is 32.7. The maximum atomic E-state index is 13.5. The second kappa shape index (κ2) is 16.5. The molecule has 12 nitrogen and oxygen atoms in total. The number of rotatable bonds is 12. The van der Waals surface area contributed by atoms with Crippen molar-refractivity contribution in [1.82, 2.24) is 20.1 Å². The molecule has 306 valence electrons. The molecule has 2 aliphatic rings. The number of nitrogens with zero attached hydrogens (tertiary/aromatic N) is 2. The van der Waals surface area contributed by atoms with E-state index in [1.807, 2.05) is 143 Å². The molecule has 0 aliphatic carbocycles. The first-order chi connectivity index (χ1) is 29.1. The van der Waals surface area contributed by atoms with Gasteiger partial charge >= 0.3 is 11.9 Å². The Labute approximate surface area is 357 Å². The van der Waals surface area contributed by atoms with E-state index in [0.717, 1.165) is 55.4 Å². The fraction of sp³-hybridized carbons (Fsp3) is 0.182. The SMILES string of the molecule is COC(=O)C(Cc1c[nH]c2ccccc12)NP1(=S)Oc2ccccc2CN1c1ccc(N2Cc3ccccc3OP2(=S)NC(Cc2c[nH]c3ccccc23)C(=O)OC)cc1. The van der Waals surface area contributed by atoms with Crippen molar-refractivity contribution in [2.75, 3.05) is 23.6 Å². The average molecular weight is 877 g/mol. The number of anilines is 2. The predicted octanol–water partition coefficient (Wildman–Crippen LogP) is 8.64. The lowest BCUT2D eigenvalue weighted by Crippen LogP contribution is -2.44. The molecule has 0 bridgehead atoms. The van der Waals surface area contributed by atoms with E-state index in [-0.39, 0.29) is 0 Å². The van der Waals surface area contributed by atoms with Crippen molar-refractivity contribution in [2.24, 2.45) is 0 Å². The minimum atomic E-state index is -3.19. The summed E-state index contributed by atoms with van der Waals surface area (Å²) in [7, 11) is 2.76. The number of aromatic amines is 2. The van der Waals surface area contributed by atoms with E-state index in [2.05, 4.69) is 20.1 Å². The Hall–Kier alpha value is -5.46. The van der Waals surface area contributed by atoms with Crippen molar-refractivity contribution in [1.29, 1.82) is 0 Å². The topological polar surface area (TPSA) is 133 Å². The van der Waals surface area contributed by atoms with Crippen LogP contribution in [0, 0.1) is 0 Å². The van der Waals surface area contributed by atoms with Gasteiger partial charge in [-0.15, -0.1) is 0 Å². The third-order valence-corrected chi connectivity index (χ3v) is 17.4. The molecular weight excluding hydrogens is 835 g/mol. The molecule has 9 rings (SSSR count). The van der Waals surface area contributed by atoms with Gasteiger partial charge in [-0.2, -0.15) is 0 Å². The molecule has 0 fully saturated rings. The Balaban J connectivity index is 1.04. The molecule has 2 aliphatic heterocycles. The number of para-hydroxylation sites is 4. The normalized spacial score (nSPS) is 19.4. The molecule has 0 radical (unpaired) electrons.